The second-order valence-corrected chi connectivity index (χ2v) is 6.24. The first-order valence-corrected chi connectivity index (χ1v) is 8.91. The van der Waals surface area contributed by atoms with Gasteiger partial charge < -0.3 is 20.4 Å². The van der Waals surface area contributed by atoms with Crippen molar-refractivity contribution in [3.63, 3.8) is 0 Å². The Labute approximate surface area is 140 Å². The largest absolute Gasteiger partial charge is 0.478 e. The molecule has 0 saturated heterocycles. The molecule has 0 aromatic heterocycles. The summed E-state index contributed by atoms with van der Waals surface area (Å²) in [6.45, 7) is 2.10. The van der Waals surface area contributed by atoms with Crippen LogP contribution in [0.4, 0.5) is 0 Å². The Morgan fingerprint density at radius 3 is 2.17 bits per heavy atom. The van der Waals surface area contributed by atoms with Crippen molar-refractivity contribution in [2.75, 3.05) is 0 Å². The molecule has 0 amide bonds. The van der Waals surface area contributed by atoms with Gasteiger partial charge in [0.25, 0.3) is 0 Å². The van der Waals surface area contributed by atoms with Gasteiger partial charge >= 0.3 is 5.97 Å². The van der Waals surface area contributed by atoms with Gasteiger partial charge in [0.1, 0.15) is 0 Å². The molecular formula is C18H34O5. The van der Waals surface area contributed by atoms with Gasteiger partial charge in [-0.05, 0) is 38.5 Å². The van der Waals surface area contributed by atoms with Crippen LogP contribution in [0, 0.1) is 0 Å². The lowest BCUT2D eigenvalue weighted by Crippen LogP contribution is -2.27. The molecule has 0 rings (SSSR count). The molecule has 0 aliphatic heterocycles. The zero-order chi connectivity index (χ0) is 17.5. The molecule has 0 spiro atoms. The number of carbonyl (C=O) groups is 1. The molecule has 0 bridgehead atoms. The van der Waals surface area contributed by atoms with E-state index >= 15 is 0 Å². The van der Waals surface area contributed by atoms with Gasteiger partial charge in [-0.2, -0.15) is 0 Å². The van der Waals surface area contributed by atoms with E-state index in [-0.39, 0.29) is 0 Å². The molecule has 0 heterocycles. The fourth-order valence-electron chi connectivity index (χ4n) is 2.50. The summed E-state index contributed by atoms with van der Waals surface area (Å²) >= 11 is 0. The Balaban J connectivity index is 3.58. The zero-order valence-electron chi connectivity index (χ0n) is 14.4. The molecule has 0 fully saturated rings. The first-order chi connectivity index (χ1) is 11.0. The molecule has 3 unspecified atom stereocenters. The van der Waals surface area contributed by atoms with Gasteiger partial charge in [0.05, 0.1) is 18.3 Å². The average Bonchev–Trinajstić information content (AvgIpc) is 2.51. The Kier molecular flexibility index (Phi) is 14.1. The third-order valence-electron chi connectivity index (χ3n) is 4.01. The van der Waals surface area contributed by atoms with E-state index in [1.165, 1.54) is 0 Å². The molecule has 0 aliphatic carbocycles. The first-order valence-electron chi connectivity index (χ1n) is 8.91. The summed E-state index contributed by atoms with van der Waals surface area (Å²) in [5.74, 6) is -0.920. The minimum Gasteiger partial charge on any atom is -0.478 e. The maximum absolute atomic E-state index is 10.3. The molecule has 0 saturated carbocycles. The van der Waals surface area contributed by atoms with Crippen LogP contribution in [0.2, 0.25) is 0 Å². The van der Waals surface area contributed by atoms with Crippen molar-refractivity contribution in [3.8, 4) is 0 Å². The summed E-state index contributed by atoms with van der Waals surface area (Å²) in [4.78, 5) is 10.3. The maximum Gasteiger partial charge on any atom is 0.327 e. The van der Waals surface area contributed by atoms with Crippen molar-refractivity contribution >= 4 is 5.97 Å². The number of carboxylic acid groups (broad SMARTS) is 1. The summed E-state index contributed by atoms with van der Waals surface area (Å²) in [6, 6.07) is 0. The lowest BCUT2D eigenvalue weighted by atomic mass is 9.99. The Hall–Kier alpha value is -0.910. The smallest absolute Gasteiger partial charge is 0.327 e. The SMILES string of the molecule is CCCCCC(O)C(O)CCC(O)CCCCCC=CC(=O)O. The van der Waals surface area contributed by atoms with Gasteiger partial charge in [0.2, 0.25) is 0 Å². The summed E-state index contributed by atoms with van der Waals surface area (Å²) < 4.78 is 0. The van der Waals surface area contributed by atoms with E-state index in [0.29, 0.717) is 25.7 Å². The number of unbranched alkanes of at least 4 members (excludes halogenated alkanes) is 5. The molecule has 0 aliphatic rings. The summed E-state index contributed by atoms with van der Waals surface area (Å²) in [5, 5.41) is 38.0. The Morgan fingerprint density at radius 2 is 1.52 bits per heavy atom. The van der Waals surface area contributed by atoms with Crippen LogP contribution in [0.3, 0.4) is 0 Å². The van der Waals surface area contributed by atoms with E-state index in [4.69, 9.17) is 5.11 Å². The molecule has 3 atom stereocenters. The topological polar surface area (TPSA) is 98.0 Å². The third kappa shape index (κ3) is 14.4. The van der Waals surface area contributed by atoms with Crippen molar-refractivity contribution in [2.24, 2.45) is 0 Å². The van der Waals surface area contributed by atoms with Crippen molar-refractivity contribution in [1.82, 2.24) is 0 Å². The fourth-order valence-corrected chi connectivity index (χ4v) is 2.50. The van der Waals surface area contributed by atoms with Gasteiger partial charge in [-0.1, -0.05) is 45.1 Å². The average molecular weight is 330 g/mol. The van der Waals surface area contributed by atoms with Gasteiger partial charge in [-0.25, -0.2) is 4.79 Å². The predicted octanol–water partition coefficient (Wildman–Crippen LogP) is 3.02. The van der Waals surface area contributed by atoms with Crippen LogP contribution >= 0.6 is 0 Å². The Bertz CT molecular complexity index is 317. The van der Waals surface area contributed by atoms with Crippen LogP contribution in [0.1, 0.15) is 77.6 Å². The van der Waals surface area contributed by atoms with E-state index in [0.717, 1.165) is 51.0 Å². The summed E-state index contributed by atoms with van der Waals surface area (Å²) in [6.07, 6.45) is 9.73. The van der Waals surface area contributed by atoms with Gasteiger partial charge in [-0.3, -0.25) is 0 Å². The van der Waals surface area contributed by atoms with Gasteiger partial charge in [0.15, 0.2) is 0 Å². The minimum absolute atomic E-state index is 0.426. The van der Waals surface area contributed by atoms with Crippen molar-refractivity contribution in [3.05, 3.63) is 12.2 Å². The second kappa shape index (κ2) is 14.7. The highest BCUT2D eigenvalue weighted by Crippen LogP contribution is 2.15. The molecule has 5 heteroatoms. The lowest BCUT2D eigenvalue weighted by molar-refractivity contribution is -0.131. The van der Waals surface area contributed by atoms with Crippen molar-refractivity contribution < 1.29 is 25.2 Å². The van der Waals surface area contributed by atoms with Crippen LogP contribution in [0.25, 0.3) is 0 Å². The van der Waals surface area contributed by atoms with Crippen LogP contribution in [0.15, 0.2) is 12.2 Å². The molecule has 23 heavy (non-hydrogen) atoms. The number of rotatable bonds is 15. The number of aliphatic hydroxyl groups excluding tert-OH is 3. The van der Waals surface area contributed by atoms with Crippen LogP contribution < -0.4 is 0 Å². The third-order valence-corrected chi connectivity index (χ3v) is 4.01. The highest BCUT2D eigenvalue weighted by atomic mass is 16.4. The molecule has 4 N–H and O–H groups in total. The number of allylic oxidation sites excluding steroid dienone is 1. The highest BCUT2D eigenvalue weighted by molar-refractivity contribution is 5.79. The molecule has 5 nitrogen and oxygen atoms in total. The van der Waals surface area contributed by atoms with Gasteiger partial charge in [-0.15, -0.1) is 0 Å². The van der Waals surface area contributed by atoms with Crippen molar-refractivity contribution in [1.29, 1.82) is 0 Å². The highest BCUT2D eigenvalue weighted by Gasteiger charge is 2.17. The van der Waals surface area contributed by atoms with Crippen molar-refractivity contribution in [2.45, 2.75) is 95.9 Å². The number of aliphatic carboxylic acids is 1. The Morgan fingerprint density at radius 1 is 0.870 bits per heavy atom. The lowest BCUT2D eigenvalue weighted by Gasteiger charge is -2.19. The predicted molar refractivity (Wildman–Crippen MR) is 91.3 cm³/mol. The molecular weight excluding hydrogens is 296 g/mol. The van der Waals surface area contributed by atoms with E-state index in [1.54, 1.807) is 6.08 Å². The summed E-state index contributed by atoms with van der Waals surface area (Å²) in [7, 11) is 0. The van der Waals surface area contributed by atoms with E-state index in [9.17, 15) is 20.1 Å². The van der Waals surface area contributed by atoms with Crippen LogP contribution in [-0.2, 0) is 4.79 Å². The number of aliphatic hydroxyl groups is 3. The first kappa shape index (κ1) is 22.1. The molecule has 0 aromatic rings. The second-order valence-electron chi connectivity index (χ2n) is 6.24. The minimum atomic E-state index is -0.920. The quantitative estimate of drug-likeness (QED) is 0.273. The monoisotopic (exact) mass is 330 g/mol. The zero-order valence-corrected chi connectivity index (χ0v) is 14.4. The number of carboxylic acids is 1. The van der Waals surface area contributed by atoms with E-state index < -0.39 is 24.3 Å². The molecule has 0 aromatic carbocycles. The van der Waals surface area contributed by atoms with E-state index in [1.807, 2.05) is 0 Å². The molecule has 136 valence electrons. The van der Waals surface area contributed by atoms with E-state index in [2.05, 4.69) is 6.92 Å². The van der Waals surface area contributed by atoms with Gasteiger partial charge in [0, 0.05) is 6.08 Å². The van der Waals surface area contributed by atoms with Crippen LogP contribution in [0.5, 0.6) is 0 Å². The van der Waals surface area contributed by atoms with Crippen LogP contribution in [-0.4, -0.2) is 44.7 Å². The normalized spacial score (nSPS) is 15.7. The maximum atomic E-state index is 10.3. The number of hydrogen-bond acceptors (Lipinski definition) is 4. The number of hydrogen-bond donors (Lipinski definition) is 4. The summed E-state index contributed by atoms with van der Waals surface area (Å²) in [5.41, 5.74) is 0. The fraction of sp³-hybridized carbons (Fsp3) is 0.833. The standard InChI is InChI=1S/C18H34O5/c1-2-3-7-11-16(20)17(21)14-13-15(19)10-8-5-4-6-9-12-18(22)23/h9,12,15-17,19-21H,2-8,10-11,13-14H2,1H3,(H,22,23). The molecule has 0 radical (unpaired) electrons.